The fourth-order valence-electron chi connectivity index (χ4n) is 2.86. The maximum absolute atomic E-state index is 4.81. The lowest BCUT2D eigenvalue weighted by Crippen LogP contribution is -2.13. The van der Waals surface area contributed by atoms with Crippen LogP contribution in [-0.4, -0.2) is 12.3 Å². The molecule has 0 aromatic rings. The zero-order valence-corrected chi connectivity index (χ0v) is 12.1. The van der Waals surface area contributed by atoms with Gasteiger partial charge in [0, 0.05) is 6.54 Å². The van der Waals surface area contributed by atoms with Crippen LogP contribution in [0.5, 0.6) is 0 Å². The van der Waals surface area contributed by atoms with E-state index in [2.05, 4.69) is 32.9 Å². The van der Waals surface area contributed by atoms with E-state index in [9.17, 15) is 0 Å². The smallest absolute Gasteiger partial charge is 0.0680 e. The van der Waals surface area contributed by atoms with Gasteiger partial charge in [0.15, 0.2) is 0 Å². The zero-order valence-electron chi connectivity index (χ0n) is 12.1. The summed E-state index contributed by atoms with van der Waals surface area (Å²) in [6.07, 6.45) is 12.3. The Morgan fingerprint density at radius 2 is 1.89 bits per heavy atom. The van der Waals surface area contributed by atoms with Crippen LogP contribution in [0.4, 0.5) is 0 Å². The first-order chi connectivity index (χ1) is 8.77. The van der Waals surface area contributed by atoms with E-state index in [-0.39, 0.29) is 0 Å². The van der Waals surface area contributed by atoms with Gasteiger partial charge in [-0.3, -0.25) is 4.99 Å². The third-order valence-corrected chi connectivity index (χ3v) is 4.06. The maximum Gasteiger partial charge on any atom is 0.0680 e. The number of hydrogen-bond donors (Lipinski definition) is 0. The normalized spacial score (nSPS) is 25.2. The molecular formula is C17H25N. The van der Waals surface area contributed by atoms with Crippen LogP contribution in [0.15, 0.2) is 39.4 Å². The molecule has 1 heteroatoms. The van der Waals surface area contributed by atoms with Crippen LogP contribution in [0.1, 0.15) is 59.3 Å². The van der Waals surface area contributed by atoms with Gasteiger partial charge in [-0.15, -0.1) is 0 Å². The molecule has 0 saturated heterocycles. The second-order valence-electron chi connectivity index (χ2n) is 5.27. The molecule has 2 aliphatic rings. The topological polar surface area (TPSA) is 12.4 Å². The highest BCUT2D eigenvalue weighted by molar-refractivity contribution is 6.16. The lowest BCUT2D eigenvalue weighted by Gasteiger charge is -2.20. The van der Waals surface area contributed by atoms with Crippen molar-refractivity contribution in [3.63, 3.8) is 0 Å². The van der Waals surface area contributed by atoms with E-state index >= 15 is 0 Å². The van der Waals surface area contributed by atoms with Gasteiger partial charge >= 0.3 is 0 Å². The van der Waals surface area contributed by atoms with E-state index in [1.54, 1.807) is 11.1 Å². The molecule has 0 aliphatic heterocycles. The second-order valence-corrected chi connectivity index (χ2v) is 5.27. The molecule has 2 aliphatic carbocycles. The molecule has 0 aromatic heterocycles. The van der Waals surface area contributed by atoms with E-state index < -0.39 is 0 Å². The standard InChI is InChI=1S/C17H25N/c1-4-13(3)15-12-11-14-9-7-6-8-10-16(14)17(15)18-5-2/h11-12H,4-10H2,1-3H3/b15-13+,18-17?. The first-order valence-electron chi connectivity index (χ1n) is 7.43. The third-order valence-electron chi connectivity index (χ3n) is 4.06. The Hall–Kier alpha value is -1.11. The van der Waals surface area contributed by atoms with Crippen molar-refractivity contribution in [3.05, 3.63) is 34.4 Å². The number of hydrogen-bond acceptors (Lipinski definition) is 1. The molecule has 0 atom stereocenters. The van der Waals surface area contributed by atoms with Crippen molar-refractivity contribution >= 4 is 5.71 Å². The Bertz CT molecular complexity index is 433. The van der Waals surface area contributed by atoms with E-state index in [0.717, 1.165) is 13.0 Å². The summed E-state index contributed by atoms with van der Waals surface area (Å²) in [4.78, 5) is 4.81. The van der Waals surface area contributed by atoms with Gasteiger partial charge < -0.3 is 0 Å². The summed E-state index contributed by atoms with van der Waals surface area (Å²) < 4.78 is 0. The van der Waals surface area contributed by atoms with Gasteiger partial charge in [-0.05, 0) is 62.7 Å². The Morgan fingerprint density at radius 1 is 1.11 bits per heavy atom. The molecule has 0 N–H and O–H groups in total. The highest BCUT2D eigenvalue weighted by Gasteiger charge is 2.21. The number of nitrogens with zero attached hydrogens (tertiary/aromatic N) is 1. The third kappa shape index (κ3) is 2.66. The molecule has 0 aromatic carbocycles. The highest BCUT2D eigenvalue weighted by atomic mass is 14.7. The first-order valence-corrected chi connectivity index (χ1v) is 7.43. The van der Waals surface area contributed by atoms with Crippen LogP contribution in [0, 0.1) is 0 Å². The van der Waals surface area contributed by atoms with Gasteiger partial charge in [-0.1, -0.05) is 31.1 Å². The molecule has 0 bridgehead atoms. The molecule has 1 nitrogen and oxygen atoms in total. The van der Waals surface area contributed by atoms with Crippen LogP contribution in [0.3, 0.4) is 0 Å². The van der Waals surface area contributed by atoms with Crippen molar-refractivity contribution in [3.8, 4) is 0 Å². The zero-order chi connectivity index (χ0) is 13.0. The van der Waals surface area contributed by atoms with Gasteiger partial charge in [0.25, 0.3) is 0 Å². The minimum absolute atomic E-state index is 0.889. The Kier molecular flexibility index (Phi) is 4.57. The maximum atomic E-state index is 4.81. The molecule has 0 amide bonds. The monoisotopic (exact) mass is 243 g/mol. The predicted molar refractivity (Wildman–Crippen MR) is 80.2 cm³/mol. The lowest BCUT2D eigenvalue weighted by molar-refractivity contribution is 0.711. The van der Waals surface area contributed by atoms with Gasteiger partial charge in [-0.25, -0.2) is 0 Å². The second kappa shape index (κ2) is 6.17. The number of rotatable bonds is 2. The Labute approximate surface area is 111 Å². The Balaban J connectivity index is 2.46. The highest BCUT2D eigenvalue weighted by Crippen LogP contribution is 2.33. The quantitative estimate of drug-likeness (QED) is 0.647. The summed E-state index contributed by atoms with van der Waals surface area (Å²) in [5, 5.41) is 0. The number of aliphatic imine (C=N–C) groups is 1. The molecule has 0 fully saturated rings. The SMILES string of the molecule is CCN=C1C2=C(C=C/C1=C(/C)CC)CCCCC2. The largest absolute Gasteiger partial charge is 0.285 e. The van der Waals surface area contributed by atoms with Crippen LogP contribution in [0.25, 0.3) is 0 Å². The summed E-state index contributed by atoms with van der Waals surface area (Å²) in [5.74, 6) is 0. The molecule has 0 radical (unpaired) electrons. The van der Waals surface area contributed by atoms with Gasteiger partial charge in [0.05, 0.1) is 5.71 Å². The fraction of sp³-hybridized carbons (Fsp3) is 0.588. The predicted octanol–water partition coefficient (Wildman–Crippen LogP) is 5.00. The fourth-order valence-corrected chi connectivity index (χ4v) is 2.86. The molecule has 0 saturated carbocycles. The average Bonchev–Trinajstić information content (AvgIpc) is 2.64. The van der Waals surface area contributed by atoms with E-state index in [1.807, 2.05) is 0 Å². The molecular weight excluding hydrogens is 218 g/mol. The molecule has 0 spiro atoms. The van der Waals surface area contributed by atoms with Crippen molar-refractivity contribution in [2.75, 3.05) is 6.54 Å². The van der Waals surface area contributed by atoms with Crippen LogP contribution in [-0.2, 0) is 0 Å². The van der Waals surface area contributed by atoms with Gasteiger partial charge in [0.1, 0.15) is 0 Å². The van der Waals surface area contributed by atoms with Crippen LogP contribution < -0.4 is 0 Å². The lowest BCUT2D eigenvalue weighted by atomic mass is 9.86. The molecule has 0 unspecified atom stereocenters. The van der Waals surface area contributed by atoms with Crippen molar-refractivity contribution in [2.24, 2.45) is 4.99 Å². The van der Waals surface area contributed by atoms with E-state index in [1.165, 1.54) is 49.0 Å². The van der Waals surface area contributed by atoms with Crippen molar-refractivity contribution in [1.82, 2.24) is 0 Å². The molecule has 2 rings (SSSR count). The van der Waals surface area contributed by atoms with E-state index in [4.69, 9.17) is 4.99 Å². The summed E-state index contributed by atoms with van der Waals surface area (Å²) >= 11 is 0. The minimum Gasteiger partial charge on any atom is -0.285 e. The van der Waals surface area contributed by atoms with Crippen LogP contribution >= 0.6 is 0 Å². The number of allylic oxidation sites excluding steroid dienone is 6. The molecule has 0 heterocycles. The Morgan fingerprint density at radius 3 is 2.61 bits per heavy atom. The molecule has 18 heavy (non-hydrogen) atoms. The average molecular weight is 243 g/mol. The summed E-state index contributed by atoms with van der Waals surface area (Å²) in [6.45, 7) is 7.51. The summed E-state index contributed by atoms with van der Waals surface area (Å²) in [5.41, 5.74) is 7.25. The van der Waals surface area contributed by atoms with Crippen molar-refractivity contribution < 1.29 is 0 Å². The summed E-state index contributed by atoms with van der Waals surface area (Å²) in [6, 6.07) is 0. The first kappa shape index (κ1) is 13.3. The van der Waals surface area contributed by atoms with Crippen molar-refractivity contribution in [2.45, 2.75) is 59.3 Å². The minimum atomic E-state index is 0.889. The van der Waals surface area contributed by atoms with Crippen molar-refractivity contribution in [1.29, 1.82) is 0 Å². The molecule has 98 valence electrons. The van der Waals surface area contributed by atoms with Gasteiger partial charge in [0.2, 0.25) is 0 Å². The van der Waals surface area contributed by atoms with E-state index in [0.29, 0.717) is 0 Å². The van der Waals surface area contributed by atoms with Crippen LogP contribution in [0.2, 0.25) is 0 Å². The summed E-state index contributed by atoms with van der Waals surface area (Å²) in [7, 11) is 0. The van der Waals surface area contributed by atoms with Gasteiger partial charge in [-0.2, -0.15) is 0 Å².